The highest BCUT2D eigenvalue weighted by atomic mass is 35.5. The van der Waals surface area contributed by atoms with Crippen molar-refractivity contribution in [2.75, 3.05) is 13.1 Å². The number of phenolic OH excluding ortho intramolecular Hbond substituents is 2. The van der Waals surface area contributed by atoms with Crippen molar-refractivity contribution in [2.24, 2.45) is 0 Å². The maximum atomic E-state index is 12.7. The van der Waals surface area contributed by atoms with Gasteiger partial charge in [-0.3, -0.25) is 9.78 Å². The first-order valence-corrected chi connectivity index (χ1v) is 10.5. The molecule has 1 amide bonds. The number of carbonyl (C=O) groups excluding carboxylic acids is 1. The van der Waals surface area contributed by atoms with Gasteiger partial charge < -0.3 is 19.8 Å². The van der Waals surface area contributed by atoms with Crippen LogP contribution in [0, 0.1) is 0 Å². The first-order chi connectivity index (χ1) is 15.0. The van der Waals surface area contributed by atoms with Crippen LogP contribution in [0.5, 0.6) is 11.5 Å². The summed E-state index contributed by atoms with van der Waals surface area (Å²) in [5.74, 6) is -0.718. The number of nitrogens with zero attached hydrogens (tertiary/aromatic N) is 2. The van der Waals surface area contributed by atoms with Gasteiger partial charge in [0, 0.05) is 29.9 Å². The fraction of sp³-hybridized carbons (Fsp3) is 0.250. The summed E-state index contributed by atoms with van der Waals surface area (Å²) < 4.78 is 6.46. The predicted octanol–water partition coefficient (Wildman–Crippen LogP) is 4.56. The van der Waals surface area contributed by atoms with E-state index in [0.717, 1.165) is 11.3 Å². The van der Waals surface area contributed by atoms with Gasteiger partial charge in [-0.2, -0.15) is 0 Å². The zero-order chi connectivity index (χ0) is 21.8. The summed E-state index contributed by atoms with van der Waals surface area (Å²) in [5, 5.41) is 19.8. The van der Waals surface area contributed by atoms with E-state index in [-0.39, 0.29) is 29.6 Å². The quantitative estimate of drug-likeness (QED) is 0.571. The Hall–Kier alpha value is -3.09. The molecule has 0 saturated carbocycles. The Kier molecular flexibility index (Phi) is 6.39. The molecule has 1 aliphatic heterocycles. The van der Waals surface area contributed by atoms with Crippen molar-refractivity contribution in [3.05, 3.63) is 88.7 Å². The minimum absolute atomic E-state index is 0.0278. The van der Waals surface area contributed by atoms with Crippen molar-refractivity contribution in [1.82, 2.24) is 9.88 Å². The molecule has 1 fully saturated rings. The van der Waals surface area contributed by atoms with Crippen LogP contribution in [0.1, 0.15) is 40.6 Å². The van der Waals surface area contributed by atoms with Crippen LogP contribution in [0.3, 0.4) is 0 Å². The van der Waals surface area contributed by atoms with Crippen LogP contribution in [-0.2, 0) is 4.74 Å². The molecule has 6 nitrogen and oxygen atoms in total. The van der Waals surface area contributed by atoms with Crippen LogP contribution in [0.15, 0.2) is 66.9 Å². The average Bonchev–Trinajstić information content (AvgIpc) is 2.80. The molecule has 0 bridgehead atoms. The molecule has 1 unspecified atom stereocenters. The lowest BCUT2D eigenvalue weighted by molar-refractivity contribution is -0.0254. The first kappa shape index (κ1) is 21.2. The van der Waals surface area contributed by atoms with E-state index in [1.807, 2.05) is 42.5 Å². The summed E-state index contributed by atoms with van der Waals surface area (Å²) in [6.07, 6.45) is 2.77. The highest BCUT2D eigenvalue weighted by molar-refractivity contribution is 6.30. The number of hydrogen-bond acceptors (Lipinski definition) is 5. The van der Waals surface area contributed by atoms with Crippen molar-refractivity contribution in [2.45, 2.75) is 25.0 Å². The van der Waals surface area contributed by atoms with E-state index in [1.165, 1.54) is 18.2 Å². The second-order valence-electron chi connectivity index (χ2n) is 7.52. The summed E-state index contributed by atoms with van der Waals surface area (Å²) in [7, 11) is 0. The average molecular weight is 439 g/mol. The lowest BCUT2D eigenvalue weighted by Gasteiger charge is -2.34. The van der Waals surface area contributed by atoms with Crippen molar-refractivity contribution in [3.63, 3.8) is 0 Å². The molecule has 0 spiro atoms. The number of likely N-dealkylation sites (tertiary alicyclic amines) is 1. The van der Waals surface area contributed by atoms with Gasteiger partial charge in [-0.1, -0.05) is 29.8 Å². The summed E-state index contributed by atoms with van der Waals surface area (Å²) >= 11 is 6.05. The fourth-order valence-corrected chi connectivity index (χ4v) is 3.84. The summed E-state index contributed by atoms with van der Waals surface area (Å²) in [5.41, 5.74) is 2.14. The number of phenols is 2. The normalized spacial score (nSPS) is 15.6. The van der Waals surface area contributed by atoms with Gasteiger partial charge in [0.15, 0.2) is 11.5 Å². The van der Waals surface area contributed by atoms with Gasteiger partial charge >= 0.3 is 0 Å². The molecule has 1 atom stereocenters. The Morgan fingerprint density at radius 1 is 1.03 bits per heavy atom. The molecule has 3 aromatic rings. The highest BCUT2D eigenvalue weighted by Gasteiger charge is 2.28. The Bertz CT molecular complexity index is 1040. The summed E-state index contributed by atoms with van der Waals surface area (Å²) in [4.78, 5) is 19.0. The van der Waals surface area contributed by atoms with E-state index in [9.17, 15) is 15.0 Å². The molecule has 2 heterocycles. The predicted molar refractivity (Wildman–Crippen MR) is 117 cm³/mol. The number of halogens is 1. The van der Waals surface area contributed by atoms with Gasteiger partial charge in [-0.15, -0.1) is 0 Å². The van der Waals surface area contributed by atoms with Gasteiger partial charge in [-0.05, 0) is 60.9 Å². The molecule has 1 saturated heterocycles. The minimum Gasteiger partial charge on any atom is -0.504 e. The molecular formula is C24H23ClN2O4. The maximum Gasteiger partial charge on any atom is 0.253 e. The molecule has 1 aliphatic rings. The fourth-order valence-electron chi connectivity index (χ4n) is 3.71. The number of rotatable bonds is 5. The Labute approximate surface area is 185 Å². The number of pyridine rings is 1. The van der Waals surface area contributed by atoms with Gasteiger partial charge in [0.1, 0.15) is 6.10 Å². The number of hydrogen-bond donors (Lipinski definition) is 2. The molecule has 160 valence electrons. The smallest absolute Gasteiger partial charge is 0.253 e. The van der Waals surface area contributed by atoms with Crippen LogP contribution in [-0.4, -0.2) is 45.2 Å². The van der Waals surface area contributed by atoms with Crippen LogP contribution in [0.25, 0.3) is 0 Å². The van der Waals surface area contributed by atoms with E-state index >= 15 is 0 Å². The minimum atomic E-state index is -0.320. The number of ether oxygens (including phenoxy) is 1. The standard InChI is InChI=1S/C24H23ClN2O4/c25-18-7-4-16(5-8-18)23(20-3-1-2-12-26-20)31-19-10-13-27(14-11-19)24(30)17-6-9-21(28)22(29)15-17/h1-9,12,15,19,23,28-29H,10-11,13-14H2. The van der Waals surface area contributed by atoms with Crippen LogP contribution < -0.4 is 0 Å². The number of piperidine rings is 1. The van der Waals surface area contributed by atoms with Crippen LogP contribution in [0.4, 0.5) is 0 Å². The van der Waals surface area contributed by atoms with E-state index in [1.54, 1.807) is 11.1 Å². The number of aromatic hydroxyl groups is 2. The lowest BCUT2D eigenvalue weighted by Crippen LogP contribution is -2.41. The van der Waals surface area contributed by atoms with Gasteiger partial charge in [-0.25, -0.2) is 0 Å². The molecule has 7 heteroatoms. The zero-order valence-electron chi connectivity index (χ0n) is 16.8. The van der Waals surface area contributed by atoms with E-state index in [0.29, 0.717) is 36.5 Å². The molecule has 0 radical (unpaired) electrons. The maximum absolute atomic E-state index is 12.7. The Balaban J connectivity index is 1.43. The summed E-state index contributed by atoms with van der Waals surface area (Å²) in [6, 6.07) is 17.4. The van der Waals surface area contributed by atoms with E-state index < -0.39 is 0 Å². The van der Waals surface area contributed by atoms with Crippen molar-refractivity contribution in [1.29, 1.82) is 0 Å². The van der Waals surface area contributed by atoms with Crippen molar-refractivity contribution < 1.29 is 19.7 Å². The van der Waals surface area contributed by atoms with Crippen LogP contribution >= 0.6 is 11.6 Å². The largest absolute Gasteiger partial charge is 0.504 e. The number of amides is 1. The van der Waals surface area contributed by atoms with Crippen LogP contribution in [0.2, 0.25) is 5.02 Å². The third kappa shape index (κ3) is 4.98. The number of carbonyl (C=O) groups is 1. The molecule has 31 heavy (non-hydrogen) atoms. The number of benzene rings is 2. The topological polar surface area (TPSA) is 82.9 Å². The monoisotopic (exact) mass is 438 g/mol. The lowest BCUT2D eigenvalue weighted by atomic mass is 10.0. The van der Waals surface area contributed by atoms with Crippen molar-refractivity contribution in [3.8, 4) is 11.5 Å². The Morgan fingerprint density at radius 2 is 1.77 bits per heavy atom. The SMILES string of the molecule is O=C(c1ccc(O)c(O)c1)N1CCC(OC(c2ccc(Cl)cc2)c2ccccn2)CC1. The first-order valence-electron chi connectivity index (χ1n) is 10.1. The van der Waals surface area contributed by atoms with Gasteiger partial charge in [0.2, 0.25) is 0 Å². The molecular weight excluding hydrogens is 416 g/mol. The third-order valence-electron chi connectivity index (χ3n) is 5.41. The zero-order valence-corrected chi connectivity index (χ0v) is 17.6. The molecule has 4 rings (SSSR count). The molecule has 2 N–H and O–H groups in total. The van der Waals surface area contributed by atoms with Gasteiger partial charge in [0.05, 0.1) is 11.8 Å². The molecule has 1 aromatic heterocycles. The van der Waals surface area contributed by atoms with E-state index in [4.69, 9.17) is 16.3 Å². The molecule has 0 aliphatic carbocycles. The Morgan fingerprint density at radius 3 is 2.42 bits per heavy atom. The van der Waals surface area contributed by atoms with E-state index in [2.05, 4.69) is 4.98 Å². The molecule has 2 aromatic carbocycles. The van der Waals surface area contributed by atoms with Crippen molar-refractivity contribution >= 4 is 17.5 Å². The highest BCUT2D eigenvalue weighted by Crippen LogP contribution is 2.31. The van der Waals surface area contributed by atoms with Gasteiger partial charge in [0.25, 0.3) is 5.91 Å². The second-order valence-corrected chi connectivity index (χ2v) is 7.95. The number of aromatic nitrogens is 1. The summed E-state index contributed by atoms with van der Waals surface area (Å²) in [6.45, 7) is 1.08. The third-order valence-corrected chi connectivity index (χ3v) is 5.66. The second kappa shape index (κ2) is 9.37.